The minimum absolute atomic E-state index is 0.292. The summed E-state index contributed by atoms with van der Waals surface area (Å²) >= 11 is 3.18. The van der Waals surface area contributed by atoms with E-state index in [0.29, 0.717) is 11.9 Å². The van der Waals surface area contributed by atoms with Gasteiger partial charge >= 0.3 is 0 Å². The van der Waals surface area contributed by atoms with Crippen LogP contribution in [-0.4, -0.2) is 29.8 Å². The van der Waals surface area contributed by atoms with Crippen LogP contribution in [0.2, 0.25) is 0 Å². The largest absolute Gasteiger partial charge is 0.494 e. The van der Waals surface area contributed by atoms with E-state index in [1.807, 2.05) is 24.3 Å². The molecule has 0 saturated carbocycles. The second kappa shape index (κ2) is 7.52. The third kappa shape index (κ3) is 4.86. The van der Waals surface area contributed by atoms with Crippen LogP contribution in [0.5, 0.6) is 11.5 Å². The predicted molar refractivity (Wildman–Crippen MR) is 67.5 cm³/mol. The lowest BCUT2D eigenvalue weighted by Gasteiger charge is -2.10. The van der Waals surface area contributed by atoms with Crippen molar-refractivity contribution >= 4 is 15.9 Å². The van der Waals surface area contributed by atoms with E-state index in [9.17, 15) is 5.11 Å². The molecule has 1 atom stereocenters. The number of hydrogen-bond donors (Lipinski definition) is 1. The van der Waals surface area contributed by atoms with E-state index < -0.39 is 6.10 Å². The van der Waals surface area contributed by atoms with Crippen molar-refractivity contribution in [1.82, 2.24) is 0 Å². The van der Waals surface area contributed by atoms with Gasteiger partial charge in [0.15, 0.2) is 0 Å². The second-order valence-electron chi connectivity index (χ2n) is 3.44. The Morgan fingerprint density at radius 2 is 1.75 bits per heavy atom. The first-order valence-electron chi connectivity index (χ1n) is 5.36. The molecular formula is C12H17BrO3. The van der Waals surface area contributed by atoms with Crippen LogP contribution in [0.1, 0.15) is 13.3 Å². The van der Waals surface area contributed by atoms with Gasteiger partial charge in [-0.05, 0) is 30.7 Å². The molecule has 4 heteroatoms. The van der Waals surface area contributed by atoms with E-state index in [1.54, 1.807) is 0 Å². The summed E-state index contributed by atoms with van der Waals surface area (Å²) in [6, 6.07) is 7.41. The normalized spacial score (nSPS) is 12.2. The molecule has 1 aromatic carbocycles. The number of alkyl halides is 1. The first-order chi connectivity index (χ1) is 7.76. The lowest BCUT2D eigenvalue weighted by Crippen LogP contribution is -2.18. The zero-order chi connectivity index (χ0) is 11.8. The molecule has 1 unspecified atom stereocenters. The van der Waals surface area contributed by atoms with Crippen molar-refractivity contribution in [3.05, 3.63) is 24.3 Å². The molecule has 0 fully saturated rings. The number of rotatable bonds is 7. The zero-order valence-electron chi connectivity index (χ0n) is 9.36. The highest BCUT2D eigenvalue weighted by Crippen LogP contribution is 2.17. The van der Waals surface area contributed by atoms with Gasteiger partial charge in [-0.1, -0.05) is 22.9 Å². The van der Waals surface area contributed by atoms with Crippen molar-refractivity contribution in [2.24, 2.45) is 0 Å². The quantitative estimate of drug-likeness (QED) is 0.784. The molecule has 3 nitrogen and oxygen atoms in total. The Balaban J connectivity index is 2.38. The van der Waals surface area contributed by atoms with E-state index in [-0.39, 0.29) is 0 Å². The molecule has 0 aromatic heterocycles. The number of aliphatic hydroxyl groups is 1. The monoisotopic (exact) mass is 288 g/mol. The van der Waals surface area contributed by atoms with E-state index in [2.05, 4.69) is 22.9 Å². The van der Waals surface area contributed by atoms with Crippen LogP contribution in [0.3, 0.4) is 0 Å². The molecule has 0 amide bonds. The summed E-state index contributed by atoms with van der Waals surface area (Å²) in [4.78, 5) is 0. The van der Waals surface area contributed by atoms with Crippen molar-refractivity contribution in [3.63, 3.8) is 0 Å². The summed E-state index contributed by atoms with van der Waals surface area (Å²) in [5.74, 6) is 1.58. The summed E-state index contributed by atoms with van der Waals surface area (Å²) in [6.07, 6.45) is 0.520. The zero-order valence-corrected chi connectivity index (χ0v) is 10.9. The predicted octanol–water partition coefficient (Wildman–Crippen LogP) is 2.61. The van der Waals surface area contributed by atoms with Crippen LogP contribution in [0.25, 0.3) is 0 Å². The number of ether oxygens (including phenoxy) is 2. The van der Waals surface area contributed by atoms with Gasteiger partial charge in [0.1, 0.15) is 18.1 Å². The number of aliphatic hydroxyl groups excluding tert-OH is 1. The van der Waals surface area contributed by atoms with E-state index in [4.69, 9.17) is 9.47 Å². The summed E-state index contributed by atoms with van der Waals surface area (Å²) in [6.45, 7) is 3.09. The minimum Gasteiger partial charge on any atom is -0.494 e. The Morgan fingerprint density at radius 3 is 2.25 bits per heavy atom. The maximum Gasteiger partial charge on any atom is 0.119 e. The van der Waals surface area contributed by atoms with Gasteiger partial charge in [-0.15, -0.1) is 0 Å². The van der Waals surface area contributed by atoms with Crippen molar-refractivity contribution < 1.29 is 14.6 Å². The van der Waals surface area contributed by atoms with Gasteiger partial charge in [0.05, 0.1) is 12.7 Å². The summed E-state index contributed by atoms with van der Waals surface area (Å²) < 4.78 is 10.8. The van der Waals surface area contributed by atoms with Crippen LogP contribution < -0.4 is 9.47 Å². The lowest BCUT2D eigenvalue weighted by molar-refractivity contribution is 0.127. The molecule has 90 valence electrons. The van der Waals surface area contributed by atoms with E-state index >= 15 is 0 Å². The molecular weight excluding hydrogens is 272 g/mol. The van der Waals surface area contributed by atoms with Crippen LogP contribution in [0.15, 0.2) is 24.3 Å². The van der Waals surface area contributed by atoms with E-state index in [0.717, 1.165) is 24.5 Å². The van der Waals surface area contributed by atoms with Gasteiger partial charge in [-0.2, -0.15) is 0 Å². The smallest absolute Gasteiger partial charge is 0.119 e. The van der Waals surface area contributed by atoms with Crippen molar-refractivity contribution in [3.8, 4) is 11.5 Å². The van der Waals surface area contributed by atoms with Gasteiger partial charge in [0.2, 0.25) is 0 Å². The summed E-state index contributed by atoms with van der Waals surface area (Å²) in [5.41, 5.74) is 0. The van der Waals surface area contributed by atoms with Crippen molar-refractivity contribution in [2.75, 3.05) is 18.5 Å². The third-order valence-electron chi connectivity index (χ3n) is 1.92. The molecule has 0 heterocycles. The average Bonchev–Trinajstić information content (AvgIpc) is 2.34. The maximum absolute atomic E-state index is 9.29. The first kappa shape index (κ1) is 13.3. The van der Waals surface area contributed by atoms with Gasteiger partial charge in [0, 0.05) is 5.33 Å². The van der Waals surface area contributed by atoms with Gasteiger partial charge in [-0.25, -0.2) is 0 Å². The Hall–Kier alpha value is -0.740. The number of hydrogen-bond acceptors (Lipinski definition) is 3. The number of halogens is 1. The van der Waals surface area contributed by atoms with E-state index in [1.165, 1.54) is 0 Å². The molecule has 0 aliphatic heterocycles. The average molecular weight is 289 g/mol. The molecule has 0 radical (unpaired) electrons. The summed E-state index contributed by atoms with van der Waals surface area (Å²) in [5, 5.41) is 9.81. The Labute approximate surface area is 105 Å². The van der Waals surface area contributed by atoms with Crippen molar-refractivity contribution in [1.29, 1.82) is 0 Å². The number of benzene rings is 1. The fraction of sp³-hybridized carbons (Fsp3) is 0.500. The van der Waals surface area contributed by atoms with Gasteiger partial charge in [0.25, 0.3) is 0 Å². The molecule has 1 aromatic rings. The molecule has 0 saturated heterocycles. The fourth-order valence-corrected chi connectivity index (χ4v) is 1.28. The van der Waals surface area contributed by atoms with Gasteiger partial charge < -0.3 is 14.6 Å². The van der Waals surface area contributed by atoms with Crippen LogP contribution in [-0.2, 0) is 0 Å². The maximum atomic E-state index is 9.29. The van der Waals surface area contributed by atoms with Crippen LogP contribution in [0.4, 0.5) is 0 Å². The molecule has 16 heavy (non-hydrogen) atoms. The molecule has 0 aliphatic rings. The van der Waals surface area contributed by atoms with Gasteiger partial charge in [-0.3, -0.25) is 0 Å². The fourth-order valence-electron chi connectivity index (χ4n) is 1.09. The highest BCUT2D eigenvalue weighted by Gasteiger charge is 2.02. The topological polar surface area (TPSA) is 38.7 Å². The minimum atomic E-state index is -0.476. The summed E-state index contributed by atoms with van der Waals surface area (Å²) in [7, 11) is 0. The molecule has 1 N–H and O–H groups in total. The van der Waals surface area contributed by atoms with Crippen LogP contribution in [0, 0.1) is 0 Å². The van der Waals surface area contributed by atoms with Crippen LogP contribution >= 0.6 is 15.9 Å². The standard InChI is InChI=1S/C12H17BrO3/c1-2-7-15-11-3-5-12(6-4-11)16-9-10(14)8-13/h3-6,10,14H,2,7-9H2,1H3. The molecule has 0 bridgehead atoms. The third-order valence-corrected chi connectivity index (χ3v) is 2.66. The Kier molecular flexibility index (Phi) is 6.26. The molecule has 1 rings (SSSR count). The van der Waals surface area contributed by atoms with Crippen molar-refractivity contribution in [2.45, 2.75) is 19.4 Å². The SMILES string of the molecule is CCCOc1ccc(OCC(O)CBr)cc1. The highest BCUT2D eigenvalue weighted by atomic mass is 79.9. The highest BCUT2D eigenvalue weighted by molar-refractivity contribution is 9.09. The Morgan fingerprint density at radius 1 is 1.19 bits per heavy atom. The first-order valence-corrected chi connectivity index (χ1v) is 6.48. The molecule has 0 aliphatic carbocycles. The Bertz CT molecular complexity index is 287. The molecule has 0 spiro atoms. The lowest BCUT2D eigenvalue weighted by atomic mass is 10.3. The second-order valence-corrected chi connectivity index (χ2v) is 4.09.